The molecule has 0 radical (unpaired) electrons. The van der Waals surface area contributed by atoms with Gasteiger partial charge in [-0.05, 0) is 31.0 Å². The fraction of sp³-hybridized carbons (Fsp3) is 0.444. The van der Waals surface area contributed by atoms with E-state index in [-0.39, 0.29) is 6.10 Å². The van der Waals surface area contributed by atoms with E-state index in [9.17, 15) is 5.26 Å². The molecule has 4 rings (SSSR count). The summed E-state index contributed by atoms with van der Waals surface area (Å²) in [7, 11) is 0. The van der Waals surface area contributed by atoms with E-state index in [1.54, 1.807) is 6.20 Å². The number of rotatable bonds is 4. The summed E-state index contributed by atoms with van der Waals surface area (Å²) in [6, 6.07) is 8.50. The molecule has 1 aromatic heterocycles. The number of fused-ring (bicyclic) bond motifs is 1. The summed E-state index contributed by atoms with van der Waals surface area (Å²) in [6.45, 7) is 3.42. The molecule has 2 aromatic rings. The molecule has 1 aromatic carbocycles. The first-order chi connectivity index (χ1) is 11.7. The highest BCUT2D eigenvalue weighted by Gasteiger charge is 2.32. The molecule has 1 aliphatic heterocycles. The van der Waals surface area contributed by atoms with Gasteiger partial charge in [-0.25, -0.2) is 0 Å². The zero-order valence-corrected chi connectivity index (χ0v) is 14.1. The average Bonchev–Trinajstić information content (AvgIpc) is 3.45. The molecule has 0 bridgehead atoms. The number of hydrogen-bond acceptors (Lipinski definition) is 5. The minimum absolute atomic E-state index is 0.133. The lowest BCUT2D eigenvalue weighted by atomic mass is 10.1. The maximum Gasteiger partial charge on any atom is 0.103 e. The van der Waals surface area contributed by atoms with Crippen LogP contribution in [0, 0.1) is 11.3 Å². The summed E-state index contributed by atoms with van der Waals surface area (Å²) in [5.74, 6) is 0. The first-order valence-electron chi connectivity index (χ1n) is 8.32. The van der Waals surface area contributed by atoms with Crippen molar-refractivity contribution < 1.29 is 4.74 Å². The van der Waals surface area contributed by atoms with E-state index in [1.165, 1.54) is 12.8 Å². The molecular formula is C18H19ClN4O. The van der Waals surface area contributed by atoms with Crippen molar-refractivity contribution in [3.63, 3.8) is 0 Å². The van der Waals surface area contributed by atoms with Gasteiger partial charge in [0.25, 0.3) is 0 Å². The molecule has 2 aliphatic rings. The standard InChI is InChI=1S/C18H19ClN4O/c19-13-1-4-17-16(7-13)18(12(8-20)9-21-17)22-10-15-11-23(5-6-24-15)14-2-3-14/h1,4,7,9,14-15H,2-3,5-6,10-11H2,(H,21,22). The third kappa shape index (κ3) is 3.18. The van der Waals surface area contributed by atoms with Gasteiger partial charge in [0.15, 0.2) is 0 Å². The summed E-state index contributed by atoms with van der Waals surface area (Å²) in [5.41, 5.74) is 2.14. The highest BCUT2D eigenvalue weighted by atomic mass is 35.5. The van der Waals surface area contributed by atoms with Crippen LogP contribution in [0.5, 0.6) is 0 Å². The molecule has 1 unspecified atom stereocenters. The molecule has 1 saturated carbocycles. The van der Waals surface area contributed by atoms with Crippen molar-refractivity contribution in [2.75, 3.05) is 31.6 Å². The number of hydrogen-bond donors (Lipinski definition) is 1. The summed E-state index contributed by atoms with van der Waals surface area (Å²) in [4.78, 5) is 6.85. The minimum Gasteiger partial charge on any atom is -0.381 e. The average molecular weight is 343 g/mol. The van der Waals surface area contributed by atoms with Gasteiger partial charge < -0.3 is 10.1 Å². The second kappa shape index (κ2) is 6.56. The van der Waals surface area contributed by atoms with Crippen molar-refractivity contribution in [2.24, 2.45) is 0 Å². The maximum absolute atomic E-state index is 9.40. The van der Waals surface area contributed by atoms with Gasteiger partial charge >= 0.3 is 0 Å². The van der Waals surface area contributed by atoms with Crippen molar-refractivity contribution in [1.29, 1.82) is 5.26 Å². The van der Waals surface area contributed by atoms with Gasteiger partial charge in [-0.1, -0.05) is 11.6 Å². The number of nitrogens with one attached hydrogen (secondary N) is 1. The first-order valence-corrected chi connectivity index (χ1v) is 8.70. The molecule has 1 N–H and O–H groups in total. The van der Waals surface area contributed by atoms with Crippen LogP contribution in [-0.4, -0.2) is 48.3 Å². The number of pyridine rings is 1. The first kappa shape index (κ1) is 15.6. The Hall–Kier alpha value is -1.87. The highest BCUT2D eigenvalue weighted by molar-refractivity contribution is 6.31. The van der Waals surface area contributed by atoms with Gasteiger partial charge in [0.1, 0.15) is 6.07 Å². The van der Waals surface area contributed by atoms with Crippen LogP contribution in [0.3, 0.4) is 0 Å². The monoisotopic (exact) mass is 342 g/mol. The van der Waals surface area contributed by atoms with Crippen LogP contribution in [-0.2, 0) is 4.74 Å². The van der Waals surface area contributed by atoms with Crippen LogP contribution in [0.2, 0.25) is 5.02 Å². The topological polar surface area (TPSA) is 61.2 Å². The Kier molecular flexibility index (Phi) is 4.28. The predicted octanol–water partition coefficient (Wildman–Crippen LogP) is 3.03. The van der Waals surface area contributed by atoms with Crippen LogP contribution >= 0.6 is 11.6 Å². The smallest absolute Gasteiger partial charge is 0.103 e. The molecule has 6 heteroatoms. The Bertz CT molecular complexity index is 799. The van der Waals surface area contributed by atoms with E-state index in [0.717, 1.165) is 42.3 Å². The van der Waals surface area contributed by atoms with Crippen LogP contribution in [0.4, 0.5) is 5.69 Å². The molecular weight excluding hydrogens is 324 g/mol. The molecule has 1 saturated heterocycles. The largest absolute Gasteiger partial charge is 0.381 e. The lowest BCUT2D eigenvalue weighted by Crippen LogP contribution is -2.46. The van der Waals surface area contributed by atoms with Crippen molar-refractivity contribution >= 4 is 28.2 Å². The van der Waals surface area contributed by atoms with E-state index >= 15 is 0 Å². The van der Waals surface area contributed by atoms with Gasteiger partial charge in [0, 0.05) is 42.3 Å². The highest BCUT2D eigenvalue weighted by Crippen LogP contribution is 2.30. The maximum atomic E-state index is 9.40. The number of ether oxygens (including phenoxy) is 1. The Morgan fingerprint density at radius 1 is 1.42 bits per heavy atom. The number of aromatic nitrogens is 1. The van der Waals surface area contributed by atoms with Crippen LogP contribution in [0.25, 0.3) is 10.9 Å². The zero-order valence-electron chi connectivity index (χ0n) is 13.3. The summed E-state index contributed by atoms with van der Waals surface area (Å²) in [5, 5.41) is 14.3. The predicted molar refractivity (Wildman–Crippen MR) is 94.3 cm³/mol. The number of nitriles is 1. The van der Waals surface area contributed by atoms with Crippen molar-refractivity contribution in [3.8, 4) is 6.07 Å². The van der Waals surface area contributed by atoms with Crippen molar-refractivity contribution in [2.45, 2.75) is 25.0 Å². The Morgan fingerprint density at radius 3 is 3.08 bits per heavy atom. The van der Waals surface area contributed by atoms with Crippen molar-refractivity contribution in [1.82, 2.24) is 9.88 Å². The number of benzene rings is 1. The van der Waals surface area contributed by atoms with Crippen LogP contribution in [0.15, 0.2) is 24.4 Å². The molecule has 1 aliphatic carbocycles. The normalized spacial score (nSPS) is 21.6. The van der Waals surface area contributed by atoms with E-state index in [0.29, 0.717) is 17.1 Å². The molecule has 5 nitrogen and oxygen atoms in total. The van der Waals surface area contributed by atoms with E-state index in [4.69, 9.17) is 16.3 Å². The number of anilines is 1. The van der Waals surface area contributed by atoms with Crippen LogP contribution < -0.4 is 5.32 Å². The molecule has 0 amide bonds. The Balaban J connectivity index is 1.55. The number of halogens is 1. The lowest BCUT2D eigenvalue weighted by Gasteiger charge is -2.33. The van der Waals surface area contributed by atoms with Crippen LogP contribution in [0.1, 0.15) is 18.4 Å². The number of nitrogens with zero attached hydrogens (tertiary/aromatic N) is 3. The number of morpholine rings is 1. The summed E-state index contributed by atoms with van der Waals surface area (Å²) < 4.78 is 5.89. The molecule has 124 valence electrons. The Morgan fingerprint density at radius 2 is 2.29 bits per heavy atom. The molecule has 0 spiro atoms. The fourth-order valence-corrected chi connectivity index (χ4v) is 3.47. The third-order valence-electron chi connectivity index (χ3n) is 4.69. The van der Waals surface area contributed by atoms with Gasteiger partial charge in [-0.3, -0.25) is 9.88 Å². The second-order valence-corrected chi connectivity index (χ2v) is 6.86. The van der Waals surface area contributed by atoms with Gasteiger partial charge in [-0.2, -0.15) is 5.26 Å². The zero-order chi connectivity index (χ0) is 16.5. The third-order valence-corrected chi connectivity index (χ3v) is 4.93. The van der Waals surface area contributed by atoms with E-state index in [1.807, 2.05) is 18.2 Å². The molecule has 2 fully saturated rings. The minimum atomic E-state index is 0.133. The fourth-order valence-electron chi connectivity index (χ4n) is 3.29. The quantitative estimate of drug-likeness (QED) is 0.925. The van der Waals surface area contributed by atoms with E-state index in [2.05, 4.69) is 21.3 Å². The van der Waals surface area contributed by atoms with Gasteiger partial charge in [0.05, 0.1) is 29.5 Å². The molecule has 2 heterocycles. The Labute approximate surface area is 146 Å². The summed E-state index contributed by atoms with van der Waals surface area (Å²) >= 11 is 6.13. The SMILES string of the molecule is N#Cc1cnc2ccc(Cl)cc2c1NCC1CN(C2CC2)CCO1. The van der Waals surface area contributed by atoms with Gasteiger partial charge in [0.2, 0.25) is 0 Å². The molecule has 1 atom stereocenters. The molecule has 24 heavy (non-hydrogen) atoms. The summed E-state index contributed by atoms with van der Waals surface area (Å²) in [6.07, 6.45) is 4.36. The van der Waals surface area contributed by atoms with E-state index < -0.39 is 0 Å². The van der Waals surface area contributed by atoms with Crippen molar-refractivity contribution in [3.05, 3.63) is 35.0 Å². The van der Waals surface area contributed by atoms with Gasteiger partial charge in [-0.15, -0.1) is 0 Å². The lowest BCUT2D eigenvalue weighted by molar-refractivity contribution is -0.0241. The second-order valence-electron chi connectivity index (χ2n) is 6.42.